The molecule has 3 amide bonds. The van der Waals surface area contributed by atoms with Gasteiger partial charge in [0, 0.05) is 24.2 Å². The van der Waals surface area contributed by atoms with Gasteiger partial charge in [-0.25, -0.2) is 4.39 Å². The molecule has 6 nitrogen and oxygen atoms in total. The highest BCUT2D eigenvalue weighted by Gasteiger charge is 2.37. The molecule has 1 saturated heterocycles. The lowest BCUT2D eigenvalue weighted by Gasteiger charge is -2.29. The normalized spacial score (nSPS) is 16.4. The number of carbonyl (C=O) groups excluding carboxylic acids is 3. The molecule has 1 fully saturated rings. The highest BCUT2D eigenvalue weighted by Crippen LogP contribution is 2.34. The molecule has 3 aromatic carbocycles. The van der Waals surface area contributed by atoms with E-state index in [1.165, 1.54) is 11.6 Å². The molecular weight excluding hydrogens is 479 g/mol. The van der Waals surface area contributed by atoms with Crippen LogP contribution in [0.25, 0.3) is 6.08 Å². The number of fused-ring (bicyclic) bond motifs is 1. The van der Waals surface area contributed by atoms with Crippen molar-refractivity contribution in [1.29, 1.82) is 0 Å². The molecule has 0 unspecified atom stereocenters. The van der Waals surface area contributed by atoms with E-state index >= 15 is 0 Å². The summed E-state index contributed by atoms with van der Waals surface area (Å²) < 4.78 is 19.8. The van der Waals surface area contributed by atoms with Gasteiger partial charge in [0.25, 0.3) is 11.1 Å². The van der Waals surface area contributed by atoms with Crippen molar-refractivity contribution in [3.05, 3.63) is 106 Å². The summed E-state index contributed by atoms with van der Waals surface area (Å²) in [5.41, 5.74) is 3.29. The standard InChI is InChI=1S/C28H23FN2O4S/c29-23-11-5-3-10-22(23)18-35-24-12-6-4-8-20(24)15-25-27(33)31(28(34)36-25)17-26(32)30-14-13-19-7-1-2-9-21(19)16-30/h1-12,15H,13-14,16-18H2/b25-15+. The second-order valence-electron chi connectivity index (χ2n) is 8.52. The fraction of sp³-hybridized carbons (Fsp3) is 0.179. The van der Waals surface area contributed by atoms with Crippen LogP contribution < -0.4 is 4.74 Å². The maximum atomic E-state index is 14.0. The van der Waals surface area contributed by atoms with E-state index in [0.29, 0.717) is 30.0 Å². The first-order valence-electron chi connectivity index (χ1n) is 11.5. The van der Waals surface area contributed by atoms with Crippen LogP contribution in [0.2, 0.25) is 0 Å². The average Bonchev–Trinajstić information content (AvgIpc) is 3.16. The Hall–Kier alpha value is -3.91. The van der Waals surface area contributed by atoms with Gasteiger partial charge in [-0.1, -0.05) is 60.7 Å². The number of para-hydroxylation sites is 1. The van der Waals surface area contributed by atoms with Gasteiger partial charge in [-0.3, -0.25) is 19.3 Å². The molecule has 2 aliphatic rings. The summed E-state index contributed by atoms with van der Waals surface area (Å²) in [6.07, 6.45) is 2.32. The number of ether oxygens (including phenoxy) is 1. The average molecular weight is 503 g/mol. The Bertz CT molecular complexity index is 1370. The zero-order valence-electron chi connectivity index (χ0n) is 19.4. The van der Waals surface area contributed by atoms with Gasteiger partial charge in [0.05, 0.1) is 4.91 Å². The van der Waals surface area contributed by atoms with Crippen LogP contribution in [0.3, 0.4) is 0 Å². The summed E-state index contributed by atoms with van der Waals surface area (Å²) in [6.45, 7) is 0.741. The van der Waals surface area contributed by atoms with E-state index < -0.39 is 11.1 Å². The fourth-order valence-electron chi connectivity index (χ4n) is 4.22. The van der Waals surface area contributed by atoms with Crippen molar-refractivity contribution in [3.63, 3.8) is 0 Å². The van der Waals surface area contributed by atoms with E-state index in [1.54, 1.807) is 53.4 Å². The summed E-state index contributed by atoms with van der Waals surface area (Å²) in [6, 6.07) is 21.3. The predicted molar refractivity (Wildman–Crippen MR) is 135 cm³/mol. The second kappa shape index (κ2) is 10.4. The van der Waals surface area contributed by atoms with Crippen LogP contribution in [0.4, 0.5) is 9.18 Å². The topological polar surface area (TPSA) is 66.9 Å². The number of rotatable bonds is 6. The quantitative estimate of drug-likeness (QED) is 0.443. The molecule has 8 heteroatoms. The Kier molecular flexibility index (Phi) is 6.86. The first-order chi connectivity index (χ1) is 17.5. The SMILES string of the molecule is O=C(CN1C(=O)S/C(=C/c2ccccc2OCc2ccccc2F)C1=O)N1CCc2ccccc2C1. The molecule has 0 radical (unpaired) electrons. The van der Waals surface area contributed by atoms with Crippen LogP contribution in [0.15, 0.2) is 77.7 Å². The molecule has 36 heavy (non-hydrogen) atoms. The van der Waals surface area contributed by atoms with Crippen molar-refractivity contribution >= 4 is 34.9 Å². The number of carbonyl (C=O) groups is 3. The predicted octanol–water partition coefficient (Wildman–Crippen LogP) is 5.03. The minimum absolute atomic E-state index is 0.0203. The van der Waals surface area contributed by atoms with E-state index in [9.17, 15) is 18.8 Å². The number of hydrogen-bond acceptors (Lipinski definition) is 5. The molecule has 2 aliphatic heterocycles. The highest BCUT2D eigenvalue weighted by atomic mass is 32.2. The maximum Gasteiger partial charge on any atom is 0.294 e. The first-order valence-corrected chi connectivity index (χ1v) is 12.4. The van der Waals surface area contributed by atoms with Gasteiger partial charge in [-0.2, -0.15) is 0 Å². The molecule has 182 valence electrons. The molecule has 0 N–H and O–H groups in total. The van der Waals surface area contributed by atoms with Gasteiger partial charge in [0.1, 0.15) is 24.7 Å². The number of amides is 3. The van der Waals surface area contributed by atoms with Gasteiger partial charge in [0.15, 0.2) is 0 Å². The number of nitrogens with zero attached hydrogens (tertiary/aromatic N) is 2. The monoisotopic (exact) mass is 502 g/mol. The fourth-order valence-corrected chi connectivity index (χ4v) is 5.05. The van der Waals surface area contributed by atoms with Gasteiger partial charge >= 0.3 is 0 Å². The number of thioether (sulfide) groups is 1. The number of benzene rings is 3. The largest absolute Gasteiger partial charge is 0.488 e. The van der Waals surface area contributed by atoms with E-state index in [4.69, 9.17) is 4.74 Å². The van der Waals surface area contributed by atoms with E-state index in [1.807, 2.05) is 18.2 Å². The molecule has 0 saturated carbocycles. The minimum atomic E-state index is -0.514. The Balaban J connectivity index is 1.27. The van der Waals surface area contributed by atoms with Gasteiger partial charge < -0.3 is 9.64 Å². The number of halogens is 1. The van der Waals surface area contributed by atoms with Crippen molar-refractivity contribution in [2.45, 2.75) is 19.6 Å². The maximum absolute atomic E-state index is 14.0. The Morgan fingerprint density at radius 1 is 0.972 bits per heavy atom. The Labute approximate surface area is 212 Å². The summed E-state index contributed by atoms with van der Waals surface area (Å²) in [7, 11) is 0. The van der Waals surface area contributed by atoms with Crippen LogP contribution in [-0.2, 0) is 29.2 Å². The lowest BCUT2D eigenvalue weighted by molar-refractivity contribution is -0.136. The third-order valence-electron chi connectivity index (χ3n) is 6.20. The van der Waals surface area contributed by atoms with Crippen molar-refractivity contribution in [2.75, 3.05) is 13.1 Å². The van der Waals surface area contributed by atoms with Crippen LogP contribution in [0.5, 0.6) is 5.75 Å². The van der Waals surface area contributed by atoms with Crippen LogP contribution in [0.1, 0.15) is 22.3 Å². The molecule has 0 aliphatic carbocycles. The molecule has 0 bridgehead atoms. The lowest BCUT2D eigenvalue weighted by atomic mass is 10.00. The molecule has 0 atom stereocenters. The smallest absolute Gasteiger partial charge is 0.294 e. The molecule has 0 aromatic heterocycles. The minimum Gasteiger partial charge on any atom is -0.488 e. The van der Waals surface area contributed by atoms with E-state index in [0.717, 1.165) is 28.6 Å². The van der Waals surface area contributed by atoms with E-state index in [-0.39, 0.29) is 29.8 Å². The van der Waals surface area contributed by atoms with Crippen LogP contribution in [-0.4, -0.2) is 39.9 Å². The molecule has 2 heterocycles. The number of hydrogen-bond donors (Lipinski definition) is 0. The van der Waals surface area contributed by atoms with Crippen molar-refractivity contribution in [2.24, 2.45) is 0 Å². The summed E-state index contributed by atoms with van der Waals surface area (Å²) in [5.74, 6) is -0.685. The Morgan fingerprint density at radius 3 is 2.53 bits per heavy atom. The molecular formula is C28H23FN2O4S. The van der Waals surface area contributed by atoms with Gasteiger partial charge in [0.2, 0.25) is 5.91 Å². The van der Waals surface area contributed by atoms with Gasteiger partial charge in [-0.05, 0) is 47.5 Å². The third-order valence-corrected chi connectivity index (χ3v) is 7.10. The van der Waals surface area contributed by atoms with Crippen molar-refractivity contribution < 1.29 is 23.5 Å². The van der Waals surface area contributed by atoms with Crippen LogP contribution >= 0.6 is 11.8 Å². The third kappa shape index (κ3) is 5.04. The number of imide groups is 1. The molecule has 3 aromatic rings. The molecule has 5 rings (SSSR count). The van der Waals surface area contributed by atoms with Crippen molar-refractivity contribution in [3.8, 4) is 5.75 Å². The zero-order valence-corrected chi connectivity index (χ0v) is 20.2. The highest BCUT2D eigenvalue weighted by molar-refractivity contribution is 8.18. The molecule has 0 spiro atoms. The summed E-state index contributed by atoms with van der Waals surface area (Å²) in [5, 5.41) is -0.484. The first kappa shape index (κ1) is 23.8. The lowest BCUT2D eigenvalue weighted by Crippen LogP contribution is -2.44. The van der Waals surface area contributed by atoms with Crippen molar-refractivity contribution in [1.82, 2.24) is 9.80 Å². The summed E-state index contributed by atoms with van der Waals surface area (Å²) in [4.78, 5) is 41.4. The Morgan fingerprint density at radius 2 is 1.69 bits per heavy atom. The van der Waals surface area contributed by atoms with E-state index in [2.05, 4.69) is 6.07 Å². The zero-order chi connectivity index (χ0) is 25.1. The van der Waals surface area contributed by atoms with Crippen LogP contribution in [0, 0.1) is 5.82 Å². The van der Waals surface area contributed by atoms with Gasteiger partial charge in [-0.15, -0.1) is 0 Å². The summed E-state index contributed by atoms with van der Waals surface area (Å²) >= 11 is 0.792. The second-order valence-corrected chi connectivity index (χ2v) is 9.51.